The number of halogens is 1. The van der Waals surface area contributed by atoms with E-state index in [-0.39, 0.29) is 11.9 Å². The molecule has 1 atom stereocenters. The van der Waals surface area contributed by atoms with Crippen molar-refractivity contribution in [1.82, 2.24) is 15.2 Å². The fraction of sp³-hybridized carbons (Fsp3) is 0.409. The van der Waals surface area contributed by atoms with Gasteiger partial charge in [-0.2, -0.15) is 0 Å². The van der Waals surface area contributed by atoms with Crippen molar-refractivity contribution >= 4 is 33.3 Å². The predicted molar refractivity (Wildman–Crippen MR) is 119 cm³/mol. The summed E-state index contributed by atoms with van der Waals surface area (Å²) in [7, 11) is 0. The highest BCUT2D eigenvalue weighted by Gasteiger charge is 2.21. The van der Waals surface area contributed by atoms with E-state index >= 15 is 0 Å². The minimum Gasteiger partial charge on any atom is -0.391 e. The molecule has 0 radical (unpaired) electrons. The van der Waals surface area contributed by atoms with E-state index in [2.05, 4.69) is 28.4 Å². The number of aliphatic hydroxyl groups is 1. The van der Waals surface area contributed by atoms with Gasteiger partial charge in [0, 0.05) is 29.8 Å². The summed E-state index contributed by atoms with van der Waals surface area (Å²) in [6, 6.07) is 15.2. The van der Waals surface area contributed by atoms with Gasteiger partial charge in [0.15, 0.2) is 0 Å². The van der Waals surface area contributed by atoms with Crippen molar-refractivity contribution < 1.29 is 9.50 Å². The standard InChI is InChI=1S/C22H26FN3OS2/c23-16-5-7-19(8-6-16)28-15-18(27)14-26-11-9-17(10-12-26)24-13-22-25-20-3-1-2-4-21(20)29-22/h1-8,17-18,24,27H,9-15H2. The van der Waals surface area contributed by atoms with Crippen molar-refractivity contribution in [2.75, 3.05) is 25.4 Å². The molecule has 3 aromatic rings. The summed E-state index contributed by atoms with van der Waals surface area (Å²) in [5.74, 6) is 0.399. The molecular weight excluding hydrogens is 405 g/mol. The van der Waals surface area contributed by atoms with Gasteiger partial charge in [-0.05, 0) is 62.3 Å². The third-order valence-corrected chi connectivity index (χ3v) is 7.39. The number of hydrogen-bond acceptors (Lipinski definition) is 6. The summed E-state index contributed by atoms with van der Waals surface area (Å²) in [5.41, 5.74) is 1.08. The number of para-hydroxylation sites is 1. The first kappa shape index (κ1) is 20.8. The molecule has 29 heavy (non-hydrogen) atoms. The van der Waals surface area contributed by atoms with Crippen molar-refractivity contribution in [1.29, 1.82) is 0 Å². The van der Waals surface area contributed by atoms with Crippen LogP contribution >= 0.6 is 23.1 Å². The molecule has 154 valence electrons. The first-order valence-electron chi connectivity index (χ1n) is 10.0. The smallest absolute Gasteiger partial charge is 0.123 e. The molecule has 0 aliphatic carbocycles. The Bertz CT molecular complexity index is 877. The van der Waals surface area contributed by atoms with Crippen LogP contribution in [-0.4, -0.2) is 52.5 Å². The van der Waals surface area contributed by atoms with E-state index in [1.165, 1.54) is 16.8 Å². The van der Waals surface area contributed by atoms with Crippen molar-refractivity contribution in [3.05, 3.63) is 59.4 Å². The molecular formula is C22H26FN3OS2. The van der Waals surface area contributed by atoms with E-state index in [0.29, 0.717) is 18.3 Å². The van der Waals surface area contributed by atoms with Crippen LogP contribution in [0.25, 0.3) is 10.2 Å². The highest BCUT2D eigenvalue weighted by molar-refractivity contribution is 7.99. The number of thioether (sulfide) groups is 1. The molecule has 7 heteroatoms. The Morgan fingerprint density at radius 2 is 1.93 bits per heavy atom. The Balaban J connectivity index is 1.15. The second-order valence-electron chi connectivity index (χ2n) is 7.45. The first-order valence-corrected chi connectivity index (χ1v) is 11.8. The minimum atomic E-state index is -0.377. The summed E-state index contributed by atoms with van der Waals surface area (Å²) in [4.78, 5) is 8.02. The van der Waals surface area contributed by atoms with Gasteiger partial charge in [-0.25, -0.2) is 9.37 Å². The number of likely N-dealkylation sites (tertiary alicyclic amines) is 1. The van der Waals surface area contributed by atoms with E-state index in [1.807, 2.05) is 6.07 Å². The van der Waals surface area contributed by atoms with Crippen molar-refractivity contribution in [2.45, 2.75) is 36.4 Å². The van der Waals surface area contributed by atoms with Crippen molar-refractivity contribution in [3.63, 3.8) is 0 Å². The minimum absolute atomic E-state index is 0.227. The van der Waals surface area contributed by atoms with E-state index < -0.39 is 0 Å². The molecule has 1 aliphatic rings. The van der Waals surface area contributed by atoms with Crippen LogP contribution in [0.2, 0.25) is 0 Å². The van der Waals surface area contributed by atoms with Crippen LogP contribution in [0.15, 0.2) is 53.4 Å². The Morgan fingerprint density at radius 3 is 2.69 bits per heavy atom. The molecule has 1 aromatic heterocycles. The topological polar surface area (TPSA) is 48.4 Å². The first-order chi connectivity index (χ1) is 14.2. The van der Waals surface area contributed by atoms with Crippen LogP contribution in [0.1, 0.15) is 17.8 Å². The average molecular weight is 432 g/mol. The molecule has 1 saturated heterocycles. The summed E-state index contributed by atoms with van der Waals surface area (Å²) in [6.45, 7) is 3.51. The number of nitrogens with zero attached hydrogens (tertiary/aromatic N) is 2. The predicted octanol–water partition coefficient (Wildman–Crippen LogP) is 4.14. The molecule has 0 spiro atoms. The van der Waals surface area contributed by atoms with Gasteiger partial charge < -0.3 is 15.3 Å². The maximum atomic E-state index is 13.0. The Kier molecular flexibility index (Phi) is 7.15. The number of nitrogens with one attached hydrogen (secondary N) is 1. The van der Waals surface area contributed by atoms with Crippen LogP contribution in [0.3, 0.4) is 0 Å². The summed E-state index contributed by atoms with van der Waals surface area (Å²) < 4.78 is 14.2. The van der Waals surface area contributed by atoms with Gasteiger partial charge in [-0.3, -0.25) is 0 Å². The maximum Gasteiger partial charge on any atom is 0.123 e. The Labute approximate surface area is 179 Å². The molecule has 0 amide bonds. The second kappa shape index (κ2) is 10.00. The molecule has 4 rings (SSSR count). The number of aliphatic hydroxyl groups excluding tert-OH is 1. The second-order valence-corrected chi connectivity index (χ2v) is 9.66. The van der Waals surface area contributed by atoms with Crippen molar-refractivity contribution in [3.8, 4) is 0 Å². The van der Waals surface area contributed by atoms with Gasteiger partial charge in [0.1, 0.15) is 10.8 Å². The zero-order valence-corrected chi connectivity index (χ0v) is 17.9. The van der Waals surface area contributed by atoms with E-state index in [1.54, 1.807) is 35.2 Å². The SMILES string of the molecule is OC(CSc1ccc(F)cc1)CN1CCC(NCc2nc3ccccc3s2)CC1. The molecule has 1 unspecified atom stereocenters. The number of benzene rings is 2. The quantitative estimate of drug-likeness (QED) is 0.525. The normalized spacial score (nSPS) is 17.0. The number of aromatic nitrogens is 1. The van der Waals surface area contributed by atoms with Crippen LogP contribution < -0.4 is 5.32 Å². The molecule has 2 aromatic carbocycles. The van der Waals surface area contributed by atoms with Crippen LogP contribution in [0, 0.1) is 5.82 Å². The van der Waals surface area contributed by atoms with Gasteiger partial charge in [0.05, 0.1) is 16.3 Å². The maximum absolute atomic E-state index is 13.0. The largest absolute Gasteiger partial charge is 0.391 e. The van der Waals surface area contributed by atoms with Gasteiger partial charge in [0.25, 0.3) is 0 Å². The number of thiazole rings is 1. The number of β-amino-alcohol motifs (C(OH)–C–C–N with tert-alkyl or cyclic N) is 1. The number of rotatable bonds is 8. The summed E-state index contributed by atoms with van der Waals surface area (Å²) in [5, 5.41) is 15.1. The summed E-state index contributed by atoms with van der Waals surface area (Å²) in [6.07, 6.45) is 1.79. The molecule has 0 saturated carbocycles. The zero-order chi connectivity index (χ0) is 20.1. The monoisotopic (exact) mass is 431 g/mol. The van der Waals surface area contributed by atoms with Gasteiger partial charge in [-0.1, -0.05) is 12.1 Å². The molecule has 2 heterocycles. The lowest BCUT2D eigenvalue weighted by molar-refractivity contribution is 0.108. The van der Waals surface area contributed by atoms with Crippen molar-refractivity contribution in [2.24, 2.45) is 0 Å². The van der Waals surface area contributed by atoms with Crippen LogP contribution in [0.5, 0.6) is 0 Å². The Hall–Kier alpha value is -1.51. The van der Waals surface area contributed by atoms with Gasteiger partial charge in [0.2, 0.25) is 0 Å². The number of piperidine rings is 1. The molecule has 1 aliphatic heterocycles. The average Bonchev–Trinajstić information content (AvgIpc) is 3.16. The van der Waals surface area contributed by atoms with Crippen LogP contribution in [-0.2, 0) is 6.54 Å². The number of fused-ring (bicyclic) bond motifs is 1. The van der Waals surface area contributed by atoms with Gasteiger partial charge in [-0.15, -0.1) is 23.1 Å². The van der Waals surface area contributed by atoms with Gasteiger partial charge >= 0.3 is 0 Å². The highest BCUT2D eigenvalue weighted by atomic mass is 32.2. The lowest BCUT2D eigenvalue weighted by Gasteiger charge is -2.33. The van der Waals surface area contributed by atoms with Crippen LogP contribution in [0.4, 0.5) is 4.39 Å². The molecule has 2 N–H and O–H groups in total. The highest BCUT2D eigenvalue weighted by Crippen LogP contribution is 2.22. The van der Waals surface area contributed by atoms with E-state index in [9.17, 15) is 9.50 Å². The lowest BCUT2D eigenvalue weighted by Crippen LogP contribution is -2.45. The zero-order valence-electron chi connectivity index (χ0n) is 16.3. The fourth-order valence-electron chi connectivity index (χ4n) is 3.62. The Morgan fingerprint density at radius 1 is 1.17 bits per heavy atom. The molecule has 0 bridgehead atoms. The van der Waals surface area contributed by atoms with E-state index in [4.69, 9.17) is 4.98 Å². The fourth-order valence-corrected chi connectivity index (χ4v) is 5.36. The third-order valence-electron chi connectivity index (χ3n) is 5.19. The lowest BCUT2D eigenvalue weighted by atomic mass is 10.0. The molecule has 1 fully saturated rings. The third kappa shape index (κ3) is 5.99. The molecule has 4 nitrogen and oxygen atoms in total. The number of hydrogen-bond donors (Lipinski definition) is 2. The van der Waals surface area contributed by atoms with E-state index in [0.717, 1.165) is 47.9 Å². The summed E-state index contributed by atoms with van der Waals surface area (Å²) >= 11 is 3.33.